The van der Waals surface area contributed by atoms with Gasteiger partial charge in [0.25, 0.3) is 5.91 Å². The first-order chi connectivity index (χ1) is 14.5. The predicted octanol–water partition coefficient (Wildman–Crippen LogP) is 3.23. The van der Waals surface area contributed by atoms with Gasteiger partial charge in [-0.1, -0.05) is 28.1 Å². The molecule has 1 saturated heterocycles. The Kier molecular flexibility index (Phi) is 8.30. The van der Waals surface area contributed by atoms with E-state index < -0.39 is 0 Å². The molecular formula is C21H22BrN3O4S. The number of halogens is 1. The summed E-state index contributed by atoms with van der Waals surface area (Å²) in [4.78, 5) is 38.5. The Morgan fingerprint density at radius 1 is 0.933 bits per heavy atom. The molecular weight excluding hydrogens is 470 g/mol. The van der Waals surface area contributed by atoms with Crippen molar-refractivity contribution < 1.29 is 19.1 Å². The second kappa shape index (κ2) is 11.1. The minimum absolute atomic E-state index is 0.0759. The van der Waals surface area contributed by atoms with Gasteiger partial charge < -0.3 is 20.3 Å². The minimum Gasteiger partial charge on any atom is -0.378 e. The van der Waals surface area contributed by atoms with Crippen LogP contribution in [-0.2, 0) is 14.3 Å². The molecule has 0 unspecified atom stereocenters. The van der Waals surface area contributed by atoms with Gasteiger partial charge in [-0.3, -0.25) is 14.4 Å². The largest absolute Gasteiger partial charge is 0.378 e. The van der Waals surface area contributed by atoms with E-state index in [-0.39, 0.29) is 29.2 Å². The molecule has 2 aromatic carbocycles. The number of carbonyl (C=O) groups excluding carboxylic acids is 3. The highest BCUT2D eigenvalue weighted by Crippen LogP contribution is 2.17. The molecule has 0 saturated carbocycles. The van der Waals surface area contributed by atoms with E-state index in [0.717, 1.165) is 4.47 Å². The molecule has 1 aliphatic heterocycles. The van der Waals surface area contributed by atoms with Crippen molar-refractivity contribution in [2.24, 2.45) is 0 Å². The highest BCUT2D eigenvalue weighted by Gasteiger charge is 2.18. The summed E-state index contributed by atoms with van der Waals surface area (Å²) in [6.45, 7) is 2.20. The van der Waals surface area contributed by atoms with E-state index >= 15 is 0 Å². The third-order valence-electron chi connectivity index (χ3n) is 4.27. The quantitative estimate of drug-likeness (QED) is 0.620. The van der Waals surface area contributed by atoms with Crippen LogP contribution < -0.4 is 10.6 Å². The molecule has 1 fully saturated rings. The summed E-state index contributed by atoms with van der Waals surface area (Å²) < 4.78 is 6.15. The predicted molar refractivity (Wildman–Crippen MR) is 122 cm³/mol. The van der Waals surface area contributed by atoms with Gasteiger partial charge in [0.2, 0.25) is 11.8 Å². The molecule has 9 heteroatoms. The Labute approximate surface area is 187 Å². The lowest BCUT2D eigenvalue weighted by atomic mass is 10.1. The molecule has 2 aromatic rings. The van der Waals surface area contributed by atoms with Crippen LogP contribution in [0.25, 0.3) is 0 Å². The first-order valence-electron chi connectivity index (χ1n) is 9.41. The maximum absolute atomic E-state index is 12.6. The van der Waals surface area contributed by atoms with Crippen molar-refractivity contribution in [3.8, 4) is 0 Å². The molecule has 0 spiro atoms. The number of hydrogen-bond donors (Lipinski definition) is 2. The molecule has 0 aromatic heterocycles. The number of nitrogens with zero attached hydrogens (tertiary/aromatic N) is 1. The topological polar surface area (TPSA) is 87.7 Å². The minimum atomic E-state index is -0.230. The van der Waals surface area contributed by atoms with Crippen LogP contribution in [-0.4, -0.2) is 60.4 Å². The van der Waals surface area contributed by atoms with Gasteiger partial charge in [0, 0.05) is 34.5 Å². The van der Waals surface area contributed by atoms with Crippen molar-refractivity contribution in [3.63, 3.8) is 0 Å². The van der Waals surface area contributed by atoms with E-state index in [1.54, 1.807) is 41.3 Å². The molecule has 0 radical (unpaired) electrons. The highest BCUT2D eigenvalue weighted by molar-refractivity contribution is 9.10. The van der Waals surface area contributed by atoms with Crippen molar-refractivity contribution in [3.05, 3.63) is 58.6 Å². The van der Waals surface area contributed by atoms with E-state index in [4.69, 9.17) is 4.74 Å². The fraction of sp³-hybridized carbons (Fsp3) is 0.286. The molecule has 0 atom stereocenters. The molecule has 3 rings (SSSR count). The molecule has 7 nitrogen and oxygen atoms in total. The summed E-state index contributed by atoms with van der Waals surface area (Å²) in [5.74, 6) is -0.188. The maximum Gasteiger partial charge on any atom is 0.254 e. The lowest BCUT2D eigenvalue weighted by Gasteiger charge is -2.27. The zero-order chi connectivity index (χ0) is 21.3. The average Bonchev–Trinajstić information content (AvgIpc) is 2.74. The van der Waals surface area contributed by atoms with E-state index in [2.05, 4.69) is 26.6 Å². The van der Waals surface area contributed by atoms with Crippen LogP contribution in [0.15, 0.2) is 53.0 Å². The second-order valence-corrected chi connectivity index (χ2v) is 8.49. The third kappa shape index (κ3) is 6.86. The SMILES string of the molecule is O=C(CSCC(=O)Nc1cccc(C(=O)N2CCOCC2)c1)Nc1cccc(Br)c1. The number of anilines is 2. The third-order valence-corrected chi connectivity index (χ3v) is 5.69. The van der Waals surface area contributed by atoms with Crippen LogP contribution in [0.5, 0.6) is 0 Å². The molecule has 1 heterocycles. The van der Waals surface area contributed by atoms with Crippen LogP contribution in [0.1, 0.15) is 10.4 Å². The number of rotatable bonds is 7. The number of ether oxygens (including phenoxy) is 1. The number of thioether (sulfide) groups is 1. The Morgan fingerprint density at radius 3 is 2.17 bits per heavy atom. The van der Waals surface area contributed by atoms with E-state index in [0.29, 0.717) is 43.2 Å². The number of amides is 3. The summed E-state index contributed by atoms with van der Waals surface area (Å²) >= 11 is 4.57. The zero-order valence-electron chi connectivity index (χ0n) is 16.2. The number of carbonyl (C=O) groups is 3. The lowest BCUT2D eigenvalue weighted by Crippen LogP contribution is -2.40. The highest BCUT2D eigenvalue weighted by atomic mass is 79.9. The fourth-order valence-corrected chi connectivity index (χ4v) is 3.89. The van der Waals surface area contributed by atoms with Gasteiger partial charge in [0.1, 0.15) is 0 Å². The molecule has 2 N–H and O–H groups in total. The molecule has 0 aliphatic carbocycles. The van der Waals surface area contributed by atoms with Crippen molar-refractivity contribution in [1.29, 1.82) is 0 Å². The first kappa shape index (κ1) is 22.3. The van der Waals surface area contributed by atoms with Gasteiger partial charge in [-0.25, -0.2) is 0 Å². The van der Waals surface area contributed by atoms with E-state index in [1.807, 2.05) is 12.1 Å². The summed E-state index contributed by atoms with van der Waals surface area (Å²) in [5, 5.41) is 5.56. The summed E-state index contributed by atoms with van der Waals surface area (Å²) in [5.41, 5.74) is 1.77. The molecule has 158 valence electrons. The van der Waals surface area contributed by atoms with Gasteiger partial charge in [0.15, 0.2) is 0 Å². The number of morpholine rings is 1. The molecule has 30 heavy (non-hydrogen) atoms. The van der Waals surface area contributed by atoms with Crippen LogP contribution in [0.4, 0.5) is 11.4 Å². The Bertz CT molecular complexity index is 919. The summed E-state index contributed by atoms with van der Waals surface area (Å²) in [6.07, 6.45) is 0. The van der Waals surface area contributed by atoms with Gasteiger partial charge in [-0.05, 0) is 36.4 Å². The van der Waals surface area contributed by atoms with Gasteiger partial charge in [-0.2, -0.15) is 0 Å². The molecule has 0 bridgehead atoms. The second-order valence-electron chi connectivity index (χ2n) is 6.58. The monoisotopic (exact) mass is 491 g/mol. The van der Waals surface area contributed by atoms with Crippen molar-refractivity contribution >= 4 is 56.8 Å². The van der Waals surface area contributed by atoms with Crippen LogP contribution in [0.3, 0.4) is 0 Å². The van der Waals surface area contributed by atoms with Crippen LogP contribution in [0, 0.1) is 0 Å². The van der Waals surface area contributed by atoms with Crippen molar-refractivity contribution in [2.75, 3.05) is 48.4 Å². The van der Waals surface area contributed by atoms with E-state index in [9.17, 15) is 14.4 Å². The van der Waals surface area contributed by atoms with Crippen LogP contribution >= 0.6 is 27.7 Å². The lowest BCUT2D eigenvalue weighted by molar-refractivity contribution is -0.114. The maximum atomic E-state index is 12.6. The fourth-order valence-electron chi connectivity index (χ4n) is 2.88. The van der Waals surface area contributed by atoms with Gasteiger partial charge in [-0.15, -0.1) is 11.8 Å². The molecule has 1 aliphatic rings. The Morgan fingerprint density at radius 2 is 1.53 bits per heavy atom. The number of benzene rings is 2. The number of nitrogens with one attached hydrogen (secondary N) is 2. The summed E-state index contributed by atoms with van der Waals surface area (Å²) in [6, 6.07) is 14.2. The van der Waals surface area contributed by atoms with E-state index in [1.165, 1.54) is 11.8 Å². The number of hydrogen-bond acceptors (Lipinski definition) is 5. The smallest absolute Gasteiger partial charge is 0.254 e. The van der Waals surface area contributed by atoms with Gasteiger partial charge >= 0.3 is 0 Å². The normalized spacial score (nSPS) is 13.6. The zero-order valence-corrected chi connectivity index (χ0v) is 18.6. The molecule has 3 amide bonds. The standard InChI is InChI=1S/C21H22BrN3O4S/c22-16-4-2-6-18(12-16)24-20(27)14-30-13-19(26)23-17-5-1-3-15(11-17)21(28)25-7-9-29-10-8-25/h1-6,11-12H,7-10,13-14H2,(H,23,26)(H,24,27). The van der Waals surface area contributed by atoms with Gasteiger partial charge in [0.05, 0.1) is 24.7 Å². The van der Waals surface area contributed by atoms with Crippen LogP contribution in [0.2, 0.25) is 0 Å². The Hall–Kier alpha value is -2.36. The Balaban J connectivity index is 1.44. The van der Waals surface area contributed by atoms with Crippen molar-refractivity contribution in [2.45, 2.75) is 0 Å². The first-order valence-corrected chi connectivity index (χ1v) is 11.4. The summed E-state index contributed by atoms with van der Waals surface area (Å²) in [7, 11) is 0. The van der Waals surface area contributed by atoms with Crippen molar-refractivity contribution in [1.82, 2.24) is 4.90 Å². The average molecular weight is 492 g/mol.